The third-order valence-electron chi connectivity index (χ3n) is 4.39. The molecule has 0 unspecified atom stereocenters. The van der Waals surface area contributed by atoms with Crippen LogP contribution in [0.2, 0.25) is 0 Å². The van der Waals surface area contributed by atoms with Gasteiger partial charge in [0.25, 0.3) is 0 Å². The van der Waals surface area contributed by atoms with Crippen molar-refractivity contribution >= 4 is 19.9 Å². The van der Waals surface area contributed by atoms with E-state index in [9.17, 15) is 21.9 Å². The molecule has 136 valence electrons. The summed E-state index contributed by atoms with van der Waals surface area (Å²) in [6, 6.07) is 2.36. The van der Waals surface area contributed by atoms with Crippen LogP contribution in [0.25, 0.3) is 0 Å². The Kier molecular flexibility index (Phi) is 5.41. The summed E-state index contributed by atoms with van der Waals surface area (Å²) in [5, 5.41) is 10.1. The lowest BCUT2D eigenvalue weighted by atomic mass is 10.1. The fraction of sp³-hybridized carbons (Fsp3) is 0.600. The second-order valence-electron chi connectivity index (χ2n) is 6.32. The van der Waals surface area contributed by atoms with Crippen molar-refractivity contribution in [3.63, 3.8) is 0 Å². The number of aliphatic hydroxyl groups is 1. The molecule has 0 saturated carbocycles. The molecule has 1 aliphatic heterocycles. The molecule has 0 spiro atoms. The maximum atomic E-state index is 13.1. The minimum atomic E-state index is -3.97. The van der Waals surface area contributed by atoms with Gasteiger partial charge in [-0.2, -0.15) is 4.31 Å². The fourth-order valence-electron chi connectivity index (χ4n) is 3.02. The van der Waals surface area contributed by atoms with Gasteiger partial charge in [0, 0.05) is 13.1 Å². The van der Waals surface area contributed by atoms with E-state index < -0.39 is 43.5 Å². The first-order valence-corrected chi connectivity index (χ1v) is 10.9. The summed E-state index contributed by atoms with van der Waals surface area (Å²) in [5.41, 5.74) is 7.92. The zero-order valence-electron chi connectivity index (χ0n) is 14.1. The van der Waals surface area contributed by atoms with Crippen LogP contribution in [0.15, 0.2) is 17.0 Å². The summed E-state index contributed by atoms with van der Waals surface area (Å²) in [4.78, 5) is 0.121. The van der Waals surface area contributed by atoms with E-state index in [0.717, 1.165) is 15.4 Å². The molecule has 1 aromatic carbocycles. The predicted molar refractivity (Wildman–Crippen MR) is 92.0 cm³/mol. The van der Waals surface area contributed by atoms with Crippen molar-refractivity contribution in [1.29, 1.82) is 0 Å². The Morgan fingerprint density at radius 1 is 1.17 bits per heavy atom. The molecule has 1 saturated heterocycles. The van der Waals surface area contributed by atoms with Crippen LogP contribution in [0, 0.1) is 20.8 Å². The third-order valence-corrected chi connectivity index (χ3v) is 8.16. The molecule has 2 atom stereocenters. The molecular formula is C15H24N2O5S2. The highest BCUT2D eigenvalue weighted by Crippen LogP contribution is 2.28. The van der Waals surface area contributed by atoms with Crippen molar-refractivity contribution in [2.75, 3.05) is 24.6 Å². The maximum Gasteiger partial charge on any atom is 0.243 e. The number of aliphatic hydroxyl groups excluding tert-OH is 1. The van der Waals surface area contributed by atoms with Crippen molar-refractivity contribution < 1.29 is 21.9 Å². The van der Waals surface area contributed by atoms with E-state index in [1.54, 1.807) is 19.1 Å². The number of hydrogen-bond donors (Lipinski definition) is 2. The van der Waals surface area contributed by atoms with Gasteiger partial charge in [0.1, 0.15) is 0 Å². The summed E-state index contributed by atoms with van der Waals surface area (Å²) < 4.78 is 50.8. The van der Waals surface area contributed by atoms with Crippen LogP contribution < -0.4 is 5.73 Å². The van der Waals surface area contributed by atoms with Gasteiger partial charge in [-0.05, 0) is 43.5 Å². The Hall–Kier alpha value is -1.00. The molecule has 1 aromatic rings. The van der Waals surface area contributed by atoms with E-state index >= 15 is 0 Å². The molecule has 3 N–H and O–H groups in total. The number of sulfone groups is 1. The highest BCUT2D eigenvalue weighted by molar-refractivity contribution is 7.92. The van der Waals surface area contributed by atoms with Crippen LogP contribution >= 0.6 is 0 Å². The second-order valence-corrected chi connectivity index (χ2v) is 10.3. The number of rotatable bonds is 5. The molecule has 0 aromatic heterocycles. The minimum absolute atomic E-state index is 0.0341. The van der Waals surface area contributed by atoms with E-state index in [4.69, 9.17) is 5.73 Å². The molecular weight excluding hydrogens is 352 g/mol. The number of aryl methyl sites for hydroxylation is 3. The van der Waals surface area contributed by atoms with Gasteiger partial charge in [0.05, 0.1) is 28.5 Å². The zero-order valence-corrected chi connectivity index (χ0v) is 15.7. The summed E-state index contributed by atoms with van der Waals surface area (Å²) in [5.74, 6) is -0.822. The highest BCUT2D eigenvalue weighted by atomic mass is 32.2. The lowest BCUT2D eigenvalue weighted by Gasteiger charge is -2.29. The van der Waals surface area contributed by atoms with E-state index in [1.165, 1.54) is 0 Å². The SMILES string of the molecule is Cc1cc(C)c(S(=O)(=O)N(CCN)[C@H]2CS(=O)(=O)C[C@@H]2O)cc1C. The van der Waals surface area contributed by atoms with Crippen LogP contribution in [0.3, 0.4) is 0 Å². The lowest BCUT2D eigenvalue weighted by Crippen LogP contribution is -2.48. The van der Waals surface area contributed by atoms with Crippen molar-refractivity contribution in [3.8, 4) is 0 Å². The van der Waals surface area contributed by atoms with Crippen LogP contribution in [-0.2, 0) is 19.9 Å². The first kappa shape index (κ1) is 19.3. The molecule has 1 heterocycles. The van der Waals surface area contributed by atoms with E-state index in [1.807, 2.05) is 13.8 Å². The molecule has 0 amide bonds. The minimum Gasteiger partial charge on any atom is -0.390 e. The van der Waals surface area contributed by atoms with Crippen LogP contribution in [0.4, 0.5) is 0 Å². The number of nitrogens with zero attached hydrogens (tertiary/aromatic N) is 1. The Balaban J connectivity index is 2.53. The third kappa shape index (κ3) is 3.65. The summed E-state index contributed by atoms with van der Waals surface area (Å²) in [7, 11) is -7.44. The van der Waals surface area contributed by atoms with E-state index in [0.29, 0.717) is 5.56 Å². The maximum absolute atomic E-state index is 13.1. The fourth-order valence-corrected chi connectivity index (χ4v) is 6.87. The van der Waals surface area contributed by atoms with Crippen molar-refractivity contribution in [2.45, 2.75) is 37.8 Å². The molecule has 0 aliphatic carbocycles. The first-order valence-electron chi connectivity index (χ1n) is 7.68. The number of nitrogens with two attached hydrogens (primary N) is 1. The quantitative estimate of drug-likeness (QED) is 0.730. The van der Waals surface area contributed by atoms with E-state index in [-0.39, 0.29) is 18.0 Å². The Morgan fingerprint density at radius 2 is 1.75 bits per heavy atom. The average molecular weight is 377 g/mol. The highest BCUT2D eigenvalue weighted by Gasteiger charge is 2.44. The molecule has 1 fully saturated rings. The van der Waals surface area contributed by atoms with Gasteiger partial charge in [-0.3, -0.25) is 0 Å². The lowest BCUT2D eigenvalue weighted by molar-refractivity contribution is 0.129. The van der Waals surface area contributed by atoms with Crippen LogP contribution in [-0.4, -0.2) is 63.0 Å². The standard InChI is InChI=1S/C15H24N2O5S2/c1-10-6-12(3)15(7-11(10)2)24(21,22)17(5-4-16)13-8-23(19,20)9-14(13)18/h6-7,13-14,18H,4-5,8-9,16H2,1-3H3/t13-,14-/m0/s1. The molecule has 9 heteroatoms. The predicted octanol–water partition coefficient (Wildman–Crippen LogP) is -0.281. The van der Waals surface area contributed by atoms with Crippen molar-refractivity contribution in [1.82, 2.24) is 4.31 Å². The monoisotopic (exact) mass is 376 g/mol. The molecule has 0 bridgehead atoms. The molecule has 24 heavy (non-hydrogen) atoms. The molecule has 0 radical (unpaired) electrons. The molecule has 1 aliphatic rings. The van der Waals surface area contributed by atoms with Gasteiger partial charge in [-0.1, -0.05) is 6.07 Å². The first-order chi connectivity index (χ1) is 11.0. The van der Waals surface area contributed by atoms with Gasteiger partial charge >= 0.3 is 0 Å². The average Bonchev–Trinajstić information content (AvgIpc) is 2.72. The Bertz CT molecular complexity index is 834. The summed E-state index contributed by atoms with van der Waals surface area (Å²) in [6.07, 6.45) is -1.25. The number of benzene rings is 1. The second kappa shape index (κ2) is 6.72. The van der Waals surface area contributed by atoms with Crippen molar-refractivity contribution in [2.24, 2.45) is 5.73 Å². The van der Waals surface area contributed by atoms with Crippen LogP contribution in [0.5, 0.6) is 0 Å². The van der Waals surface area contributed by atoms with E-state index in [2.05, 4.69) is 0 Å². The smallest absolute Gasteiger partial charge is 0.243 e. The number of sulfonamides is 1. The number of hydrogen-bond acceptors (Lipinski definition) is 6. The van der Waals surface area contributed by atoms with Crippen molar-refractivity contribution in [3.05, 3.63) is 28.8 Å². The molecule has 2 rings (SSSR count). The zero-order chi connectivity index (χ0) is 18.3. The summed E-state index contributed by atoms with van der Waals surface area (Å²) in [6.45, 7) is 5.39. The van der Waals surface area contributed by atoms with Gasteiger partial charge in [0.15, 0.2) is 9.84 Å². The summed E-state index contributed by atoms with van der Waals surface area (Å²) >= 11 is 0. The largest absolute Gasteiger partial charge is 0.390 e. The normalized spacial score (nSPS) is 23.8. The Labute approximate surface area is 143 Å². The Morgan fingerprint density at radius 3 is 2.25 bits per heavy atom. The van der Waals surface area contributed by atoms with Gasteiger partial charge < -0.3 is 10.8 Å². The van der Waals surface area contributed by atoms with Crippen LogP contribution in [0.1, 0.15) is 16.7 Å². The molecule has 7 nitrogen and oxygen atoms in total. The van der Waals surface area contributed by atoms with Gasteiger partial charge in [0.2, 0.25) is 10.0 Å². The van der Waals surface area contributed by atoms with Gasteiger partial charge in [-0.25, -0.2) is 16.8 Å². The topological polar surface area (TPSA) is 118 Å². The van der Waals surface area contributed by atoms with Gasteiger partial charge in [-0.15, -0.1) is 0 Å².